The average molecular weight is 678 g/mol. The van der Waals surface area contributed by atoms with Gasteiger partial charge in [-0.15, -0.1) is 11.8 Å². The molecule has 10 heteroatoms. The number of esters is 2. The second kappa shape index (κ2) is 17.0. The van der Waals surface area contributed by atoms with Gasteiger partial charge in [0, 0.05) is 23.2 Å². The summed E-state index contributed by atoms with van der Waals surface area (Å²) in [4.78, 5) is 29.1. The number of thioether (sulfide) groups is 1. The summed E-state index contributed by atoms with van der Waals surface area (Å²) in [6.07, 6.45) is 5.01. The van der Waals surface area contributed by atoms with E-state index >= 15 is 0 Å². The van der Waals surface area contributed by atoms with Crippen LogP contribution in [0, 0.1) is 6.92 Å². The van der Waals surface area contributed by atoms with Crippen LogP contribution in [-0.4, -0.2) is 63.7 Å². The van der Waals surface area contributed by atoms with E-state index in [-0.39, 0.29) is 19.0 Å². The summed E-state index contributed by atoms with van der Waals surface area (Å²) in [7, 11) is 3.34. The number of hydrogen-bond acceptors (Lipinski definition) is 10. The lowest BCUT2D eigenvalue weighted by Crippen LogP contribution is -2.33. The van der Waals surface area contributed by atoms with Crippen LogP contribution in [0.25, 0.3) is 0 Å². The van der Waals surface area contributed by atoms with E-state index in [1.807, 2.05) is 23.9 Å². The summed E-state index contributed by atoms with van der Waals surface area (Å²) in [5.74, 6) is 1.05. The molecule has 3 aromatic carbocycles. The highest BCUT2D eigenvalue weighted by molar-refractivity contribution is 7.99. The third-order valence-corrected chi connectivity index (χ3v) is 10.0. The number of aryl methyl sites for hydroxylation is 1. The maximum atomic E-state index is 13.2. The van der Waals surface area contributed by atoms with Crippen LogP contribution < -0.4 is 18.9 Å². The quantitative estimate of drug-likeness (QED) is 0.0854. The van der Waals surface area contributed by atoms with Crippen LogP contribution in [-0.2, 0) is 27.2 Å². The third kappa shape index (κ3) is 8.57. The van der Waals surface area contributed by atoms with E-state index in [1.54, 1.807) is 28.1 Å². The maximum absolute atomic E-state index is 13.2. The average Bonchev–Trinajstić information content (AvgIpc) is 3.52. The van der Waals surface area contributed by atoms with E-state index in [1.165, 1.54) is 16.0 Å². The molecular weight excluding hydrogens is 630 g/mol. The van der Waals surface area contributed by atoms with E-state index in [0.29, 0.717) is 23.1 Å². The van der Waals surface area contributed by atoms with Crippen molar-refractivity contribution in [1.29, 1.82) is 0 Å². The zero-order valence-electron chi connectivity index (χ0n) is 28.7. The Labute approximate surface area is 288 Å². The van der Waals surface area contributed by atoms with Gasteiger partial charge in [0.2, 0.25) is 0 Å². The molecular formula is C38H47NO8S. The highest BCUT2D eigenvalue weighted by Crippen LogP contribution is 2.44. The lowest BCUT2D eigenvalue weighted by atomic mass is 9.93. The van der Waals surface area contributed by atoms with Gasteiger partial charge in [-0.2, -0.15) is 0 Å². The highest BCUT2D eigenvalue weighted by atomic mass is 32.2. The Morgan fingerprint density at radius 2 is 1.67 bits per heavy atom. The topological polar surface area (TPSA) is 92.8 Å². The van der Waals surface area contributed by atoms with Crippen LogP contribution >= 0.6 is 11.8 Å². The summed E-state index contributed by atoms with van der Waals surface area (Å²) in [6, 6.07) is 16.9. The number of carbonyl (C=O) groups excluding carboxylic acids is 2. The molecule has 0 N–H and O–H groups in total. The van der Waals surface area contributed by atoms with Gasteiger partial charge in [0.05, 0.1) is 27.4 Å². The van der Waals surface area contributed by atoms with Crippen LogP contribution in [0.1, 0.15) is 83.8 Å². The van der Waals surface area contributed by atoms with Crippen molar-refractivity contribution in [2.75, 3.05) is 40.5 Å². The molecule has 0 saturated heterocycles. The van der Waals surface area contributed by atoms with Gasteiger partial charge in [-0.3, -0.25) is 4.90 Å². The molecule has 48 heavy (non-hydrogen) atoms. The predicted octanol–water partition coefficient (Wildman–Crippen LogP) is 7.69. The second-order valence-corrected chi connectivity index (χ2v) is 13.3. The predicted molar refractivity (Wildman–Crippen MR) is 185 cm³/mol. The fourth-order valence-corrected chi connectivity index (χ4v) is 7.42. The molecule has 9 nitrogen and oxygen atoms in total. The van der Waals surface area contributed by atoms with Crippen LogP contribution in [0.4, 0.5) is 0 Å². The van der Waals surface area contributed by atoms with Gasteiger partial charge < -0.3 is 28.4 Å². The Balaban J connectivity index is 1.18. The molecule has 0 aromatic heterocycles. The molecule has 2 atom stereocenters. The van der Waals surface area contributed by atoms with Gasteiger partial charge in [0.25, 0.3) is 0 Å². The zero-order chi connectivity index (χ0) is 34.0. The molecule has 0 aliphatic carbocycles. The number of unbranched alkanes of at least 4 members (excludes halogenated alkanes) is 3. The van der Waals surface area contributed by atoms with Crippen molar-refractivity contribution in [2.24, 2.45) is 0 Å². The number of hydrogen-bond donors (Lipinski definition) is 0. The van der Waals surface area contributed by atoms with Crippen molar-refractivity contribution in [3.05, 3.63) is 76.3 Å². The summed E-state index contributed by atoms with van der Waals surface area (Å²) >= 11 is 1.90. The van der Waals surface area contributed by atoms with Crippen LogP contribution in [0.3, 0.4) is 0 Å². The van der Waals surface area contributed by atoms with Crippen molar-refractivity contribution in [1.82, 2.24) is 4.90 Å². The largest absolute Gasteiger partial charge is 0.493 e. The van der Waals surface area contributed by atoms with E-state index < -0.39 is 18.2 Å². The summed E-state index contributed by atoms with van der Waals surface area (Å²) in [5.41, 5.74) is 4.75. The first-order chi connectivity index (χ1) is 23.3. The van der Waals surface area contributed by atoms with Crippen molar-refractivity contribution >= 4 is 23.7 Å². The molecule has 0 saturated carbocycles. The smallest absolute Gasteiger partial charge is 0.389 e. The lowest BCUT2D eigenvalue weighted by Gasteiger charge is -2.30. The Hall–Kier alpha value is -3.89. The standard InChI is InChI=1S/C38H47NO8S/c1-6-44-36(40)34-29-24-39(21-19-26(29)22-32-35(34)47-38(46-32)37(41)45-7-2)20-11-9-8-10-12-33(48-28-16-13-25(3)14-17-28)27-15-18-30(42-4)31(23-27)43-5/h13-18,22-23,33,38H,6-12,19-21,24H2,1-5H3. The maximum Gasteiger partial charge on any atom is 0.389 e. The van der Waals surface area contributed by atoms with Crippen molar-refractivity contribution in [3.63, 3.8) is 0 Å². The second-order valence-electron chi connectivity index (χ2n) is 12.0. The Morgan fingerprint density at radius 3 is 2.40 bits per heavy atom. The Morgan fingerprint density at radius 1 is 0.917 bits per heavy atom. The summed E-state index contributed by atoms with van der Waals surface area (Å²) in [5, 5.41) is 0.295. The summed E-state index contributed by atoms with van der Waals surface area (Å²) in [6.45, 7) is 8.47. The zero-order valence-corrected chi connectivity index (χ0v) is 29.5. The van der Waals surface area contributed by atoms with Crippen molar-refractivity contribution in [3.8, 4) is 23.0 Å². The fourth-order valence-electron chi connectivity index (χ4n) is 6.23. The minimum Gasteiger partial charge on any atom is -0.493 e. The molecule has 0 spiro atoms. The van der Waals surface area contributed by atoms with Crippen molar-refractivity contribution in [2.45, 2.75) is 82.3 Å². The Kier molecular flexibility index (Phi) is 12.5. The summed E-state index contributed by atoms with van der Waals surface area (Å²) < 4.78 is 33.2. The van der Waals surface area contributed by atoms with Gasteiger partial charge in [-0.05, 0) is 93.6 Å². The van der Waals surface area contributed by atoms with E-state index in [2.05, 4.69) is 48.2 Å². The number of carbonyl (C=O) groups is 2. The normalized spacial score (nSPS) is 15.8. The molecule has 0 amide bonds. The minimum atomic E-state index is -1.23. The van der Waals surface area contributed by atoms with Crippen molar-refractivity contribution < 1.29 is 38.0 Å². The van der Waals surface area contributed by atoms with Gasteiger partial charge in [-0.25, -0.2) is 9.59 Å². The third-order valence-electron chi connectivity index (χ3n) is 8.71. The molecule has 2 aliphatic rings. The van der Waals surface area contributed by atoms with Crippen LogP contribution in [0.2, 0.25) is 0 Å². The molecule has 2 heterocycles. The number of nitrogens with zero attached hydrogens (tertiary/aromatic N) is 1. The van der Waals surface area contributed by atoms with Crippen LogP contribution in [0.15, 0.2) is 53.4 Å². The molecule has 0 radical (unpaired) electrons. The van der Waals surface area contributed by atoms with E-state index in [9.17, 15) is 9.59 Å². The molecule has 2 unspecified atom stereocenters. The number of methoxy groups -OCH3 is 2. The molecule has 2 aliphatic heterocycles. The van der Waals surface area contributed by atoms with E-state index in [0.717, 1.165) is 74.2 Å². The SMILES string of the molecule is CCOC(=O)c1c2c(cc3c1OC(C(=O)OCC)O3)CCN(CCCCCCC(Sc1ccc(C)cc1)c1ccc(OC)c(OC)c1)C2. The molecule has 3 aromatic rings. The molecule has 0 bridgehead atoms. The first-order valence-electron chi connectivity index (χ1n) is 16.9. The van der Waals surface area contributed by atoms with Crippen LogP contribution in [0.5, 0.6) is 23.0 Å². The first kappa shape index (κ1) is 35.4. The molecule has 5 rings (SSSR count). The number of fused-ring (bicyclic) bond motifs is 2. The van der Waals surface area contributed by atoms with E-state index in [4.69, 9.17) is 28.4 Å². The highest BCUT2D eigenvalue weighted by Gasteiger charge is 2.39. The number of benzene rings is 3. The van der Waals surface area contributed by atoms with Gasteiger partial charge in [0.15, 0.2) is 23.0 Å². The monoisotopic (exact) mass is 677 g/mol. The molecule has 258 valence electrons. The first-order valence-corrected chi connectivity index (χ1v) is 17.8. The molecule has 0 fully saturated rings. The Bertz CT molecular complexity index is 1560. The van der Waals surface area contributed by atoms with Gasteiger partial charge in [0.1, 0.15) is 5.56 Å². The number of ether oxygens (including phenoxy) is 6. The van der Waals surface area contributed by atoms with Gasteiger partial charge >= 0.3 is 18.2 Å². The number of rotatable bonds is 16. The van der Waals surface area contributed by atoms with Gasteiger partial charge in [-0.1, -0.05) is 43.0 Å². The minimum absolute atomic E-state index is 0.208. The fraction of sp³-hybridized carbons (Fsp3) is 0.474. The lowest BCUT2D eigenvalue weighted by molar-refractivity contribution is -0.161.